The Hall–Kier alpha value is -3.48. The first-order valence-corrected chi connectivity index (χ1v) is 10.7. The van der Waals surface area contributed by atoms with Crippen LogP contribution < -0.4 is 5.32 Å². The minimum absolute atomic E-state index is 0.0239. The molecule has 0 saturated carbocycles. The van der Waals surface area contributed by atoms with Gasteiger partial charge in [-0.1, -0.05) is 44.2 Å². The third-order valence-corrected chi connectivity index (χ3v) is 5.91. The van der Waals surface area contributed by atoms with Crippen LogP contribution in [0.15, 0.2) is 61.1 Å². The molecule has 3 aromatic rings. The standard InChI is InChI=1S/C24H27N5O2/c1-3-17(2)24(31)28-16-20-9-5-4-8-18(20)14-21(28)23(30)26-15-19-10-6-11-25-22(19)29-13-7-12-27-29/h4-13,17,21H,3,14-16H2,1-2H3,(H,26,30)/t17-,21-/m0/s1. The van der Waals surface area contributed by atoms with Crippen molar-refractivity contribution in [3.05, 3.63) is 77.7 Å². The fourth-order valence-corrected chi connectivity index (χ4v) is 3.92. The summed E-state index contributed by atoms with van der Waals surface area (Å²) >= 11 is 0. The average molecular weight is 418 g/mol. The van der Waals surface area contributed by atoms with E-state index in [4.69, 9.17) is 0 Å². The number of rotatable bonds is 6. The van der Waals surface area contributed by atoms with Gasteiger partial charge in [0.1, 0.15) is 6.04 Å². The van der Waals surface area contributed by atoms with Crippen LogP contribution in [0.2, 0.25) is 0 Å². The number of fused-ring (bicyclic) bond motifs is 1. The maximum atomic E-state index is 13.3. The Morgan fingerprint density at radius 1 is 1.13 bits per heavy atom. The monoisotopic (exact) mass is 417 g/mol. The van der Waals surface area contributed by atoms with Crippen LogP contribution in [0.25, 0.3) is 5.82 Å². The van der Waals surface area contributed by atoms with Gasteiger partial charge in [-0.15, -0.1) is 0 Å². The Bertz CT molecular complexity index is 1060. The zero-order chi connectivity index (χ0) is 21.8. The molecule has 160 valence electrons. The Morgan fingerprint density at radius 3 is 2.68 bits per heavy atom. The van der Waals surface area contributed by atoms with Crippen LogP contribution in [0.5, 0.6) is 0 Å². The third kappa shape index (κ3) is 4.35. The first kappa shape index (κ1) is 20.8. The summed E-state index contributed by atoms with van der Waals surface area (Å²) in [5, 5.41) is 7.27. The lowest BCUT2D eigenvalue weighted by molar-refractivity contribution is -0.144. The van der Waals surface area contributed by atoms with Crippen molar-refractivity contribution in [3.8, 4) is 5.82 Å². The second-order valence-electron chi connectivity index (χ2n) is 7.92. The number of benzene rings is 1. The van der Waals surface area contributed by atoms with Crippen LogP contribution in [-0.4, -0.2) is 37.5 Å². The van der Waals surface area contributed by atoms with Crippen LogP contribution in [-0.2, 0) is 29.1 Å². The van der Waals surface area contributed by atoms with Gasteiger partial charge in [0.15, 0.2) is 5.82 Å². The van der Waals surface area contributed by atoms with E-state index in [1.165, 1.54) is 0 Å². The van der Waals surface area contributed by atoms with Crippen LogP contribution in [0.3, 0.4) is 0 Å². The van der Waals surface area contributed by atoms with E-state index in [0.29, 0.717) is 25.3 Å². The number of aromatic nitrogens is 3. The first-order chi connectivity index (χ1) is 15.1. The molecule has 1 aromatic carbocycles. The molecule has 1 N–H and O–H groups in total. The zero-order valence-corrected chi connectivity index (χ0v) is 17.9. The topological polar surface area (TPSA) is 80.1 Å². The minimum Gasteiger partial charge on any atom is -0.350 e. The van der Waals surface area contributed by atoms with Crippen molar-refractivity contribution >= 4 is 11.8 Å². The summed E-state index contributed by atoms with van der Waals surface area (Å²) in [4.78, 5) is 32.5. The molecule has 0 saturated heterocycles. The Morgan fingerprint density at radius 2 is 1.94 bits per heavy atom. The predicted octanol–water partition coefficient (Wildman–Crippen LogP) is 2.88. The van der Waals surface area contributed by atoms with E-state index in [2.05, 4.69) is 15.4 Å². The highest BCUT2D eigenvalue weighted by Gasteiger charge is 2.35. The minimum atomic E-state index is -0.527. The molecule has 0 fully saturated rings. The van der Waals surface area contributed by atoms with Gasteiger partial charge in [0.25, 0.3) is 0 Å². The van der Waals surface area contributed by atoms with Gasteiger partial charge in [-0.25, -0.2) is 9.67 Å². The molecular weight excluding hydrogens is 390 g/mol. The molecular formula is C24H27N5O2. The van der Waals surface area contributed by atoms with Crippen LogP contribution in [0.1, 0.15) is 37.0 Å². The van der Waals surface area contributed by atoms with Crippen molar-refractivity contribution < 1.29 is 9.59 Å². The quantitative estimate of drug-likeness (QED) is 0.669. The summed E-state index contributed by atoms with van der Waals surface area (Å²) in [5.41, 5.74) is 3.08. The van der Waals surface area contributed by atoms with Gasteiger partial charge in [0.2, 0.25) is 11.8 Å². The SMILES string of the molecule is CC[C@H](C)C(=O)N1Cc2ccccc2C[C@H]1C(=O)NCc1cccnc1-n1cccn1. The van der Waals surface area contributed by atoms with E-state index in [-0.39, 0.29) is 17.7 Å². The smallest absolute Gasteiger partial charge is 0.243 e. The fraction of sp³-hybridized carbons (Fsp3) is 0.333. The number of hydrogen-bond donors (Lipinski definition) is 1. The van der Waals surface area contributed by atoms with Gasteiger partial charge < -0.3 is 10.2 Å². The van der Waals surface area contributed by atoms with E-state index < -0.39 is 6.04 Å². The largest absolute Gasteiger partial charge is 0.350 e. The zero-order valence-electron chi connectivity index (χ0n) is 17.9. The van der Waals surface area contributed by atoms with Crippen molar-refractivity contribution in [3.63, 3.8) is 0 Å². The lowest BCUT2D eigenvalue weighted by Crippen LogP contribution is -2.53. The van der Waals surface area contributed by atoms with Crippen molar-refractivity contribution in [2.24, 2.45) is 5.92 Å². The molecule has 1 aliphatic heterocycles. The molecule has 0 radical (unpaired) electrons. The van der Waals surface area contributed by atoms with Crippen molar-refractivity contribution in [2.45, 2.75) is 45.8 Å². The molecule has 1 aliphatic rings. The van der Waals surface area contributed by atoms with Gasteiger partial charge in [0, 0.05) is 49.6 Å². The van der Waals surface area contributed by atoms with E-state index in [9.17, 15) is 9.59 Å². The highest BCUT2D eigenvalue weighted by molar-refractivity contribution is 5.89. The summed E-state index contributed by atoms with van der Waals surface area (Å²) in [6, 6.07) is 13.1. The normalized spacial score (nSPS) is 16.5. The Labute approximate surface area is 182 Å². The summed E-state index contributed by atoms with van der Waals surface area (Å²) in [7, 11) is 0. The number of hydrogen-bond acceptors (Lipinski definition) is 4. The maximum absolute atomic E-state index is 13.3. The van der Waals surface area contributed by atoms with Gasteiger partial charge in [-0.05, 0) is 29.7 Å². The molecule has 2 aromatic heterocycles. The average Bonchev–Trinajstić information content (AvgIpc) is 3.35. The lowest BCUT2D eigenvalue weighted by Gasteiger charge is -2.37. The van der Waals surface area contributed by atoms with E-state index in [0.717, 1.165) is 23.1 Å². The molecule has 31 heavy (non-hydrogen) atoms. The molecule has 0 spiro atoms. The summed E-state index contributed by atoms with van der Waals surface area (Å²) in [6.07, 6.45) is 6.47. The van der Waals surface area contributed by atoms with Crippen molar-refractivity contribution in [1.82, 2.24) is 25.0 Å². The first-order valence-electron chi connectivity index (χ1n) is 10.7. The summed E-state index contributed by atoms with van der Waals surface area (Å²) in [6.45, 7) is 4.69. The molecule has 4 rings (SSSR count). The van der Waals surface area contributed by atoms with Gasteiger partial charge in [-0.2, -0.15) is 5.10 Å². The molecule has 2 amide bonds. The predicted molar refractivity (Wildman–Crippen MR) is 117 cm³/mol. The van der Waals surface area contributed by atoms with Crippen LogP contribution >= 0.6 is 0 Å². The van der Waals surface area contributed by atoms with E-state index in [1.807, 2.05) is 62.5 Å². The van der Waals surface area contributed by atoms with E-state index >= 15 is 0 Å². The molecule has 2 atom stereocenters. The number of carbonyl (C=O) groups is 2. The summed E-state index contributed by atoms with van der Waals surface area (Å²) < 4.78 is 1.68. The Kier molecular flexibility index (Phi) is 6.11. The van der Waals surface area contributed by atoms with Gasteiger partial charge in [0.05, 0.1) is 0 Å². The van der Waals surface area contributed by atoms with Crippen molar-refractivity contribution in [1.29, 1.82) is 0 Å². The summed E-state index contributed by atoms with van der Waals surface area (Å²) in [5.74, 6) is 0.428. The maximum Gasteiger partial charge on any atom is 0.243 e. The number of nitrogens with zero attached hydrogens (tertiary/aromatic N) is 4. The second kappa shape index (κ2) is 9.12. The molecule has 0 bridgehead atoms. The molecule has 0 aliphatic carbocycles. The lowest BCUT2D eigenvalue weighted by atomic mass is 9.92. The Balaban J connectivity index is 1.54. The highest BCUT2D eigenvalue weighted by atomic mass is 16.2. The highest BCUT2D eigenvalue weighted by Crippen LogP contribution is 2.26. The van der Waals surface area contributed by atoms with Gasteiger partial charge in [-0.3, -0.25) is 9.59 Å². The number of carbonyl (C=O) groups excluding carboxylic acids is 2. The molecule has 0 unspecified atom stereocenters. The number of pyridine rings is 1. The number of amides is 2. The molecule has 7 heteroatoms. The second-order valence-corrected chi connectivity index (χ2v) is 7.92. The van der Waals surface area contributed by atoms with Crippen LogP contribution in [0, 0.1) is 5.92 Å². The van der Waals surface area contributed by atoms with Crippen molar-refractivity contribution in [2.75, 3.05) is 0 Å². The molecule has 7 nitrogen and oxygen atoms in total. The third-order valence-electron chi connectivity index (χ3n) is 5.91. The fourth-order valence-electron chi connectivity index (χ4n) is 3.92. The van der Waals surface area contributed by atoms with Crippen LogP contribution in [0.4, 0.5) is 0 Å². The van der Waals surface area contributed by atoms with E-state index in [1.54, 1.807) is 22.0 Å². The van der Waals surface area contributed by atoms with Gasteiger partial charge >= 0.3 is 0 Å². The molecule has 3 heterocycles. The number of nitrogens with one attached hydrogen (secondary N) is 1.